The van der Waals surface area contributed by atoms with Crippen molar-refractivity contribution in [2.45, 2.75) is 33.1 Å². The molecule has 22 heavy (non-hydrogen) atoms. The zero-order valence-electron chi connectivity index (χ0n) is 13.5. The molecule has 3 rings (SSSR count). The second-order valence-corrected chi connectivity index (χ2v) is 6.30. The van der Waals surface area contributed by atoms with E-state index in [1.165, 1.54) is 11.3 Å². The third kappa shape index (κ3) is 2.91. The summed E-state index contributed by atoms with van der Waals surface area (Å²) in [4.78, 5) is 14.7. The topological polar surface area (TPSA) is 66.8 Å². The molecule has 3 heterocycles. The van der Waals surface area contributed by atoms with Gasteiger partial charge < -0.3 is 4.90 Å². The van der Waals surface area contributed by atoms with Gasteiger partial charge in [0.2, 0.25) is 0 Å². The van der Waals surface area contributed by atoms with Gasteiger partial charge in [-0.25, -0.2) is 0 Å². The summed E-state index contributed by atoms with van der Waals surface area (Å²) in [6, 6.07) is 0. The summed E-state index contributed by atoms with van der Waals surface area (Å²) < 4.78 is 1.71. The second-order valence-electron chi connectivity index (χ2n) is 6.30. The molecule has 1 fully saturated rings. The quantitative estimate of drug-likeness (QED) is 0.941. The third-order valence-electron chi connectivity index (χ3n) is 4.48. The number of nitrogens with zero attached hydrogens (tertiary/aromatic N) is 4. The van der Waals surface area contributed by atoms with E-state index in [9.17, 15) is 4.79 Å². The predicted octanol–water partition coefficient (Wildman–Crippen LogP) is 1.85. The van der Waals surface area contributed by atoms with E-state index in [0.29, 0.717) is 5.92 Å². The van der Waals surface area contributed by atoms with Crippen molar-refractivity contribution >= 4 is 5.91 Å². The van der Waals surface area contributed by atoms with Crippen molar-refractivity contribution in [3.63, 3.8) is 0 Å². The summed E-state index contributed by atoms with van der Waals surface area (Å²) in [5.74, 6) is 0.602. The van der Waals surface area contributed by atoms with Crippen LogP contribution < -0.4 is 0 Å². The smallest absolute Gasteiger partial charge is 0.257 e. The van der Waals surface area contributed by atoms with Gasteiger partial charge in [0.05, 0.1) is 17.5 Å². The molecule has 0 spiro atoms. The van der Waals surface area contributed by atoms with E-state index in [2.05, 4.69) is 22.2 Å². The van der Waals surface area contributed by atoms with Crippen LogP contribution >= 0.6 is 0 Å². The van der Waals surface area contributed by atoms with Crippen molar-refractivity contribution in [3.8, 4) is 0 Å². The van der Waals surface area contributed by atoms with Gasteiger partial charge in [-0.15, -0.1) is 0 Å². The number of aryl methyl sites for hydroxylation is 3. The predicted molar refractivity (Wildman–Crippen MR) is 83.6 cm³/mol. The van der Waals surface area contributed by atoms with Crippen molar-refractivity contribution in [1.82, 2.24) is 24.9 Å². The Labute approximate surface area is 130 Å². The number of aromatic nitrogens is 4. The molecule has 1 atom stereocenters. The summed E-state index contributed by atoms with van der Waals surface area (Å²) in [5.41, 5.74) is 3.92. The van der Waals surface area contributed by atoms with Gasteiger partial charge in [0.15, 0.2) is 0 Å². The molecule has 1 amide bonds. The standard InChI is InChI=1S/C16H23N5O/c1-11-8-17-18-15(11)7-13-5-4-6-21(9-13)16(22)14-10-20(3)19-12(14)2/h8,10,13H,4-7,9H2,1-3H3,(H,17,18)/t13-/m0/s1. The highest BCUT2D eigenvalue weighted by molar-refractivity contribution is 5.95. The SMILES string of the molecule is Cc1cn[nH]c1C[C@@H]1CCCN(C(=O)c2cn(C)nc2C)C1. The maximum Gasteiger partial charge on any atom is 0.257 e. The molecule has 2 aromatic heterocycles. The number of piperidine rings is 1. The van der Waals surface area contributed by atoms with Gasteiger partial charge in [-0.1, -0.05) is 0 Å². The fraction of sp³-hybridized carbons (Fsp3) is 0.562. The highest BCUT2D eigenvalue weighted by Crippen LogP contribution is 2.23. The lowest BCUT2D eigenvalue weighted by atomic mass is 9.92. The van der Waals surface area contributed by atoms with Crippen molar-refractivity contribution in [2.75, 3.05) is 13.1 Å². The number of likely N-dealkylation sites (tertiary alicyclic amines) is 1. The number of carbonyl (C=O) groups excluding carboxylic acids is 1. The van der Waals surface area contributed by atoms with Gasteiger partial charge in [-0.3, -0.25) is 14.6 Å². The molecule has 0 aliphatic carbocycles. The minimum absolute atomic E-state index is 0.108. The average Bonchev–Trinajstić information content (AvgIpc) is 3.04. The monoisotopic (exact) mass is 301 g/mol. The lowest BCUT2D eigenvalue weighted by Crippen LogP contribution is -2.40. The summed E-state index contributed by atoms with van der Waals surface area (Å²) in [6.45, 7) is 5.61. The van der Waals surface area contributed by atoms with Gasteiger partial charge >= 0.3 is 0 Å². The Morgan fingerprint density at radius 2 is 2.27 bits per heavy atom. The van der Waals surface area contributed by atoms with Gasteiger partial charge in [-0.05, 0) is 44.6 Å². The van der Waals surface area contributed by atoms with Crippen LogP contribution in [0, 0.1) is 19.8 Å². The van der Waals surface area contributed by atoms with E-state index in [1.54, 1.807) is 4.68 Å². The van der Waals surface area contributed by atoms with E-state index >= 15 is 0 Å². The molecular formula is C16H23N5O. The van der Waals surface area contributed by atoms with Crippen LogP contribution in [0.5, 0.6) is 0 Å². The summed E-state index contributed by atoms with van der Waals surface area (Å²) in [5, 5.41) is 11.4. The lowest BCUT2D eigenvalue weighted by Gasteiger charge is -2.32. The maximum atomic E-state index is 12.7. The highest BCUT2D eigenvalue weighted by atomic mass is 16.2. The Morgan fingerprint density at radius 3 is 2.91 bits per heavy atom. The van der Waals surface area contributed by atoms with Crippen LogP contribution in [0.4, 0.5) is 0 Å². The van der Waals surface area contributed by atoms with Gasteiger partial charge in [0.25, 0.3) is 5.91 Å². The number of nitrogens with one attached hydrogen (secondary N) is 1. The molecule has 1 aliphatic rings. The molecule has 6 heteroatoms. The van der Waals surface area contributed by atoms with Gasteiger partial charge in [0, 0.05) is 32.0 Å². The molecule has 1 aliphatic heterocycles. The molecular weight excluding hydrogens is 278 g/mol. The molecule has 1 N–H and O–H groups in total. The van der Waals surface area contributed by atoms with Crippen LogP contribution in [0.3, 0.4) is 0 Å². The Hall–Kier alpha value is -2.11. The van der Waals surface area contributed by atoms with Crippen molar-refractivity contribution in [3.05, 3.63) is 34.9 Å². The Morgan fingerprint density at radius 1 is 1.45 bits per heavy atom. The molecule has 6 nitrogen and oxygen atoms in total. The summed E-state index contributed by atoms with van der Waals surface area (Å²) >= 11 is 0. The lowest BCUT2D eigenvalue weighted by molar-refractivity contribution is 0.0672. The Balaban J connectivity index is 1.69. The molecule has 1 saturated heterocycles. The molecule has 2 aromatic rings. The summed E-state index contributed by atoms with van der Waals surface area (Å²) in [6.07, 6.45) is 6.86. The van der Waals surface area contributed by atoms with Crippen LogP contribution in [0.2, 0.25) is 0 Å². The number of H-pyrrole nitrogens is 1. The van der Waals surface area contributed by atoms with Crippen LogP contribution in [-0.2, 0) is 13.5 Å². The van der Waals surface area contributed by atoms with E-state index in [1.807, 2.05) is 31.3 Å². The first kappa shape index (κ1) is 14.8. The number of carbonyl (C=O) groups is 1. The van der Waals surface area contributed by atoms with Crippen molar-refractivity contribution in [2.24, 2.45) is 13.0 Å². The largest absolute Gasteiger partial charge is 0.338 e. The van der Waals surface area contributed by atoms with Crippen molar-refractivity contribution < 1.29 is 4.79 Å². The zero-order valence-corrected chi connectivity index (χ0v) is 13.5. The average molecular weight is 301 g/mol. The Bertz CT molecular complexity index is 672. The molecule has 0 radical (unpaired) electrons. The van der Waals surface area contributed by atoms with Crippen LogP contribution in [-0.4, -0.2) is 43.9 Å². The number of rotatable bonds is 3. The normalized spacial score (nSPS) is 18.7. The fourth-order valence-corrected chi connectivity index (χ4v) is 3.26. The number of aromatic amines is 1. The minimum atomic E-state index is 0.108. The highest BCUT2D eigenvalue weighted by Gasteiger charge is 2.27. The second kappa shape index (κ2) is 5.94. The van der Waals surface area contributed by atoms with Crippen LogP contribution in [0.15, 0.2) is 12.4 Å². The van der Waals surface area contributed by atoms with Gasteiger partial charge in [-0.2, -0.15) is 10.2 Å². The molecule has 0 unspecified atom stereocenters. The van der Waals surface area contributed by atoms with E-state index in [0.717, 1.165) is 43.6 Å². The summed E-state index contributed by atoms with van der Waals surface area (Å²) in [7, 11) is 1.85. The van der Waals surface area contributed by atoms with E-state index < -0.39 is 0 Å². The van der Waals surface area contributed by atoms with E-state index in [4.69, 9.17) is 0 Å². The molecule has 0 saturated carbocycles. The number of hydrogen-bond donors (Lipinski definition) is 1. The maximum absolute atomic E-state index is 12.7. The van der Waals surface area contributed by atoms with E-state index in [-0.39, 0.29) is 5.91 Å². The molecule has 118 valence electrons. The first-order valence-electron chi connectivity index (χ1n) is 7.83. The molecule has 0 bridgehead atoms. The van der Waals surface area contributed by atoms with Crippen LogP contribution in [0.1, 0.15) is 40.2 Å². The number of amides is 1. The third-order valence-corrected chi connectivity index (χ3v) is 4.48. The first-order chi connectivity index (χ1) is 10.5. The van der Waals surface area contributed by atoms with Gasteiger partial charge in [0.1, 0.15) is 0 Å². The van der Waals surface area contributed by atoms with Crippen molar-refractivity contribution in [1.29, 1.82) is 0 Å². The minimum Gasteiger partial charge on any atom is -0.338 e. The fourth-order valence-electron chi connectivity index (χ4n) is 3.26. The number of hydrogen-bond acceptors (Lipinski definition) is 3. The van der Waals surface area contributed by atoms with Crippen LogP contribution in [0.25, 0.3) is 0 Å². The molecule has 0 aromatic carbocycles. The zero-order chi connectivity index (χ0) is 15.7. The first-order valence-corrected chi connectivity index (χ1v) is 7.83. The Kier molecular flexibility index (Phi) is 4.00.